The van der Waals surface area contributed by atoms with Crippen LogP contribution in [0.2, 0.25) is 5.02 Å². The third kappa shape index (κ3) is 3.82. The quantitative estimate of drug-likeness (QED) is 0.518. The molecule has 4 rings (SSSR count). The molecule has 0 radical (unpaired) electrons. The zero-order valence-electron chi connectivity index (χ0n) is 15.5. The molecule has 1 N–H and O–H groups in total. The highest BCUT2D eigenvalue weighted by Gasteiger charge is 2.19. The van der Waals surface area contributed by atoms with Gasteiger partial charge in [0.25, 0.3) is 5.91 Å². The van der Waals surface area contributed by atoms with Gasteiger partial charge in [-0.1, -0.05) is 28.9 Å². The average molecular weight is 427 g/mol. The molecule has 0 aliphatic heterocycles. The number of hydrogen-bond acceptors (Lipinski definition) is 7. The number of amides is 1. The van der Waals surface area contributed by atoms with Crippen molar-refractivity contribution in [3.63, 3.8) is 0 Å². The van der Waals surface area contributed by atoms with Crippen LogP contribution in [0.15, 0.2) is 48.5 Å². The molecular weight excluding hydrogens is 412 g/mol. The molecule has 0 unspecified atom stereocenters. The Morgan fingerprint density at radius 1 is 1.17 bits per heavy atom. The Balaban J connectivity index is 1.58. The van der Waals surface area contributed by atoms with Crippen LogP contribution < -0.4 is 10.1 Å². The molecule has 8 nitrogen and oxygen atoms in total. The summed E-state index contributed by atoms with van der Waals surface area (Å²) in [4.78, 5) is 16.7. The lowest BCUT2D eigenvalue weighted by Gasteiger charge is -2.08. The van der Waals surface area contributed by atoms with Gasteiger partial charge in [-0.05, 0) is 43.3 Å². The fourth-order valence-electron chi connectivity index (χ4n) is 2.71. The number of nitrogens with zero attached hydrogens (tertiary/aromatic N) is 5. The minimum atomic E-state index is -0.293. The summed E-state index contributed by atoms with van der Waals surface area (Å²) in [6.45, 7) is 1.87. The average Bonchev–Trinajstić information content (AvgIpc) is 3.34. The SMILES string of the molecule is COc1ccccc1-n1nnc(-c2nsc(NC(=O)c3ccc(Cl)cc3)n2)c1C. The summed E-state index contributed by atoms with van der Waals surface area (Å²) in [5.74, 6) is 0.771. The van der Waals surface area contributed by atoms with Crippen molar-refractivity contribution in [2.75, 3.05) is 12.4 Å². The van der Waals surface area contributed by atoms with Crippen LogP contribution in [-0.2, 0) is 0 Å². The number of methoxy groups -OCH3 is 1. The van der Waals surface area contributed by atoms with Gasteiger partial charge in [-0.25, -0.2) is 4.68 Å². The Bertz CT molecular complexity index is 1170. The van der Waals surface area contributed by atoms with Gasteiger partial charge in [-0.15, -0.1) is 5.10 Å². The number of hydrogen-bond donors (Lipinski definition) is 1. The zero-order valence-corrected chi connectivity index (χ0v) is 17.0. The number of ether oxygens (including phenoxy) is 1. The molecule has 0 atom stereocenters. The van der Waals surface area contributed by atoms with E-state index in [-0.39, 0.29) is 5.91 Å². The van der Waals surface area contributed by atoms with E-state index in [0.29, 0.717) is 33.0 Å². The number of nitrogens with one attached hydrogen (secondary N) is 1. The van der Waals surface area contributed by atoms with Gasteiger partial charge in [0.1, 0.15) is 11.4 Å². The number of anilines is 1. The van der Waals surface area contributed by atoms with Gasteiger partial charge in [0, 0.05) is 22.1 Å². The summed E-state index contributed by atoms with van der Waals surface area (Å²) in [5.41, 5.74) is 2.52. The Morgan fingerprint density at radius 2 is 1.93 bits per heavy atom. The molecular formula is C19H15ClN6O2S. The van der Waals surface area contributed by atoms with E-state index in [0.717, 1.165) is 22.9 Å². The zero-order chi connectivity index (χ0) is 20.4. The monoisotopic (exact) mass is 426 g/mol. The number of para-hydroxylation sites is 2. The first-order chi connectivity index (χ1) is 14.1. The van der Waals surface area contributed by atoms with Crippen molar-refractivity contribution in [2.45, 2.75) is 6.92 Å². The van der Waals surface area contributed by atoms with Crippen LogP contribution >= 0.6 is 23.1 Å². The fourth-order valence-corrected chi connectivity index (χ4v) is 3.40. The van der Waals surface area contributed by atoms with Crippen molar-refractivity contribution in [1.82, 2.24) is 24.4 Å². The summed E-state index contributed by atoms with van der Waals surface area (Å²) in [5, 5.41) is 12.1. The van der Waals surface area contributed by atoms with E-state index in [1.54, 1.807) is 36.1 Å². The molecule has 29 heavy (non-hydrogen) atoms. The highest BCUT2D eigenvalue weighted by molar-refractivity contribution is 7.10. The highest BCUT2D eigenvalue weighted by Crippen LogP contribution is 2.27. The molecule has 0 saturated carbocycles. The minimum absolute atomic E-state index is 0.293. The smallest absolute Gasteiger partial charge is 0.257 e. The van der Waals surface area contributed by atoms with Gasteiger partial charge in [0.2, 0.25) is 5.13 Å². The maximum atomic E-state index is 12.3. The number of rotatable bonds is 5. The van der Waals surface area contributed by atoms with Crippen LogP contribution in [-0.4, -0.2) is 37.4 Å². The Kier molecular flexibility index (Phi) is 5.24. The lowest BCUT2D eigenvalue weighted by molar-refractivity contribution is 0.102. The second kappa shape index (κ2) is 7.98. The predicted molar refractivity (Wildman–Crippen MR) is 111 cm³/mol. The first kappa shape index (κ1) is 19.0. The van der Waals surface area contributed by atoms with Gasteiger partial charge in [-0.2, -0.15) is 9.36 Å². The third-order valence-corrected chi connectivity index (χ3v) is 5.06. The maximum absolute atomic E-state index is 12.3. The van der Waals surface area contributed by atoms with Crippen LogP contribution in [0.4, 0.5) is 5.13 Å². The number of benzene rings is 2. The molecule has 0 aliphatic carbocycles. The molecule has 2 aromatic heterocycles. The molecule has 2 heterocycles. The first-order valence-corrected chi connectivity index (χ1v) is 9.68. The lowest BCUT2D eigenvalue weighted by atomic mass is 10.2. The van der Waals surface area contributed by atoms with E-state index < -0.39 is 0 Å². The summed E-state index contributed by atoms with van der Waals surface area (Å²) in [6.07, 6.45) is 0. The van der Waals surface area contributed by atoms with Gasteiger partial charge >= 0.3 is 0 Å². The molecule has 146 valence electrons. The highest BCUT2D eigenvalue weighted by atomic mass is 35.5. The number of carbonyl (C=O) groups is 1. The van der Waals surface area contributed by atoms with Gasteiger partial charge in [0.05, 0.1) is 12.8 Å². The van der Waals surface area contributed by atoms with Crippen molar-refractivity contribution in [3.8, 4) is 23.0 Å². The molecule has 0 bridgehead atoms. The van der Waals surface area contributed by atoms with Crippen LogP contribution in [0, 0.1) is 6.92 Å². The summed E-state index contributed by atoms with van der Waals surface area (Å²) in [7, 11) is 1.60. The Morgan fingerprint density at radius 3 is 2.69 bits per heavy atom. The van der Waals surface area contributed by atoms with Crippen LogP contribution in [0.25, 0.3) is 17.2 Å². The molecule has 0 fully saturated rings. The largest absolute Gasteiger partial charge is 0.494 e. The Labute approximate surface area is 175 Å². The van der Waals surface area contributed by atoms with Crippen LogP contribution in [0.1, 0.15) is 16.1 Å². The van der Waals surface area contributed by atoms with Crippen molar-refractivity contribution >= 4 is 34.2 Å². The third-order valence-electron chi connectivity index (χ3n) is 4.17. The number of halogens is 1. The normalized spacial score (nSPS) is 10.7. The molecule has 10 heteroatoms. The predicted octanol–water partition coefficient (Wildman–Crippen LogP) is 4.01. The van der Waals surface area contributed by atoms with E-state index in [1.165, 1.54) is 0 Å². The molecule has 4 aromatic rings. The topological polar surface area (TPSA) is 94.8 Å². The van der Waals surface area contributed by atoms with Crippen molar-refractivity contribution in [3.05, 3.63) is 64.8 Å². The Hall–Kier alpha value is -3.30. The number of carbonyl (C=O) groups excluding carboxylic acids is 1. The van der Waals surface area contributed by atoms with Gasteiger partial charge in [-0.3, -0.25) is 10.1 Å². The fraction of sp³-hybridized carbons (Fsp3) is 0.105. The second-order valence-corrected chi connectivity index (χ2v) is 7.18. The summed E-state index contributed by atoms with van der Waals surface area (Å²) < 4.78 is 11.4. The van der Waals surface area contributed by atoms with E-state index in [4.69, 9.17) is 16.3 Å². The van der Waals surface area contributed by atoms with E-state index >= 15 is 0 Å². The molecule has 0 spiro atoms. The maximum Gasteiger partial charge on any atom is 0.257 e. The molecule has 2 aromatic carbocycles. The molecule has 0 aliphatic rings. The van der Waals surface area contributed by atoms with Crippen molar-refractivity contribution in [1.29, 1.82) is 0 Å². The van der Waals surface area contributed by atoms with Gasteiger partial charge < -0.3 is 4.74 Å². The van der Waals surface area contributed by atoms with E-state index in [2.05, 4.69) is 25.0 Å². The van der Waals surface area contributed by atoms with E-state index in [9.17, 15) is 4.79 Å². The van der Waals surface area contributed by atoms with Crippen molar-refractivity contribution < 1.29 is 9.53 Å². The van der Waals surface area contributed by atoms with E-state index in [1.807, 2.05) is 31.2 Å². The summed E-state index contributed by atoms with van der Waals surface area (Å²) in [6, 6.07) is 14.1. The molecule has 0 saturated heterocycles. The first-order valence-electron chi connectivity index (χ1n) is 8.53. The van der Waals surface area contributed by atoms with Gasteiger partial charge in [0.15, 0.2) is 11.5 Å². The standard InChI is InChI=1S/C19H15ClN6O2S/c1-11-16(23-25-26(11)14-5-3-4-6-15(14)28-2)17-21-19(29-24-17)22-18(27)12-7-9-13(20)10-8-12/h3-10H,1-2H3,(H,21,22,24,27). The second-order valence-electron chi connectivity index (χ2n) is 5.99. The van der Waals surface area contributed by atoms with Crippen molar-refractivity contribution in [2.24, 2.45) is 0 Å². The van der Waals surface area contributed by atoms with Crippen LogP contribution in [0.5, 0.6) is 5.75 Å². The molecule has 1 amide bonds. The summed E-state index contributed by atoms with van der Waals surface area (Å²) >= 11 is 6.92. The lowest BCUT2D eigenvalue weighted by Crippen LogP contribution is -2.11. The minimum Gasteiger partial charge on any atom is -0.494 e. The number of aromatic nitrogens is 5. The van der Waals surface area contributed by atoms with Crippen LogP contribution in [0.3, 0.4) is 0 Å².